The molecule has 24 heavy (non-hydrogen) atoms. The van der Waals surface area contributed by atoms with Crippen molar-refractivity contribution in [3.63, 3.8) is 0 Å². The van der Waals surface area contributed by atoms with Gasteiger partial charge in [0.15, 0.2) is 6.10 Å². The summed E-state index contributed by atoms with van der Waals surface area (Å²) in [6, 6.07) is 6.53. The number of halogens is 1. The maximum Gasteiger partial charge on any atom is 0.251 e. The topological polar surface area (TPSA) is 78.9 Å². The Morgan fingerprint density at radius 2 is 2.08 bits per heavy atom. The number of aliphatic hydroxyl groups excluding tert-OH is 1. The molecule has 1 saturated heterocycles. The summed E-state index contributed by atoms with van der Waals surface area (Å²) in [7, 11) is 1.67. The van der Waals surface area contributed by atoms with Crippen molar-refractivity contribution in [1.82, 2.24) is 10.2 Å². The highest BCUT2D eigenvalue weighted by atomic mass is 35.5. The molecule has 3 rings (SSSR count). The van der Waals surface area contributed by atoms with Gasteiger partial charge < -0.3 is 20.1 Å². The summed E-state index contributed by atoms with van der Waals surface area (Å²) in [6.07, 6.45) is 1.03. The van der Waals surface area contributed by atoms with Crippen LogP contribution in [0.4, 0.5) is 0 Å². The number of amides is 2. The Kier molecular flexibility index (Phi) is 4.80. The molecule has 0 spiro atoms. The Hall–Kier alpha value is -1.63. The summed E-state index contributed by atoms with van der Waals surface area (Å²) >= 11 is 5.92. The van der Waals surface area contributed by atoms with Crippen molar-refractivity contribution in [3.8, 4) is 0 Å². The van der Waals surface area contributed by atoms with Gasteiger partial charge in [0.1, 0.15) is 6.61 Å². The minimum absolute atomic E-state index is 0.0673. The largest absolute Gasteiger partial charge is 0.396 e. The minimum Gasteiger partial charge on any atom is -0.396 e. The van der Waals surface area contributed by atoms with Crippen molar-refractivity contribution >= 4 is 23.4 Å². The van der Waals surface area contributed by atoms with Gasteiger partial charge in [-0.1, -0.05) is 23.7 Å². The number of ether oxygens (including phenoxy) is 1. The van der Waals surface area contributed by atoms with E-state index in [0.717, 1.165) is 18.4 Å². The molecule has 0 aromatic heterocycles. The molecule has 1 aromatic carbocycles. The molecule has 2 aliphatic rings. The third-order valence-corrected chi connectivity index (χ3v) is 5.14. The van der Waals surface area contributed by atoms with E-state index >= 15 is 0 Å². The number of hydrogen-bond donors (Lipinski definition) is 2. The zero-order chi connectivity index (χ0) is 17.3. The third kappa shape index (κ3) is 3.41. The van der Waals surface area contributed by atoms with Gasteiger partial charge in [-0.2, -0.15) is 0 Å². The first-order chi connectivity index (χ1) is 11.5. The van der Waals surface area contributed by atoms with Crippen molar-refractivity contribution in [2.75, 3.05) is 26.8 Å². The number of carbonyl (C=O) groups excluding carboxylic acids is 2. The maximum atomic E-state index is 12.6. The highest BCUT2D eigenvalue weighted by Gasteiger charge is 2.44. The van der Waals surface area contributed by atoms with Crippen LogP contribution in [0.1, 0.15) is 24.4 Å². The van der Waals surface area contributed by atoms with Crippen LogP contribution in [0.5, 0.6) is 0 Å². The molecule has 0 radical (unpaired) electrons. The number of likely N-dealkylation sites (N-methyl/N-ethyl adjacent to an activating group) is 1. The summed E-state index contributed by atoms with van der Waals surface area (Å²) < 4.78 is 5.54. The summed E-state index contributed by atoms with van der Waals surface area (Å²) in [5.74, 6) is -0.443. The lowest BCUT2D eigenvalue weighted by atomic mass is 9.97. The smallest absolute Gasteiger partial charge is 0.251 e. The third-order valence-electron chi connectivity index (χ3n) is 4.88. The second-order valence-electron chi connectivity index (χ2n) is 6.61. The van der Waals surface area contributed by atoms with Crippen LogP contribution >= 0.6 is 11.6 Å². The van der Waals surface area contributed by atoms with Crippen LogP contribution in [0.25, 0.3) is 0 Å². The zero-order valence-electron chi connectivity index (χ0n) is 13.5. The van der Waals surface area contributed by atoms with Crippen LogP contribution in [0.2, 0.25) is 5.02 Å². The minimum atomic E-state index is -0.789. The number of nitrogens with one attached hydrogen (secondary N) is 1. The van der Waals surface area contributed by atoms with Gasteiger partial charge in [0.25, 0.3) is 5.91 Å². The van der Waals surface area contributed by atoms with Gasteiger partial charge in [-0.15, -0.1) is 0 Å². The Labute approximate surface area is 145 Å². The van der Waals surface area contributed by atoms with Gasteiger partial charge in [-0.3, -0.25) is 9.59 Å². The molecule has 1 aliphatic carbocycles. The van der Waals surface area contributed by atoms with Crippen molar-refractivity contribution in [2.24, 2.45) is 5.41 Å². The molecule has 2 N–H and O–H groups in total. The Balaban J connectivity index is 1.77. The van der Waals surface area contributed by atoms with E-state index < -0.39 is 12.1 Å². The fourth-order valence-corrected chi connectivity index (χ4v) is 3.06. The van der Waals surface area contributed by atoms with E-state index in [1.54, 1.807) is 31.3 Å². The maximum absolute atomic E-state index is 12.6. The number of rotatable bonds is 5. The summed E-state index contributed by atoms with van der Waals surface area (Å²) in [4.78, 5) is 26.1. The quantitative estimate of drug-likeness (QED) is 0.832. The molecular formula is C17H21ClN2O4. The van der Waals surface area contributed by atoms with E-state index in [2.05, 4.69) is 5.32 Å². The molecule has 1 aromatic rings. The van der Waals surface area contributed by atoms with E-state index in [1.807, 2.05) is 0 Å². The second kappa shape index (κ2) is 6.70. The molecule has 7 heteroatoms. The highest BCUT2D eigenvalue weighted by Crippen LogP contribution is 2.44. The normalized spacial score (nSPS) is 25.5. The predicted molar refractivity (Wildman–Crippen MR) is 88.5 cm³/mol. The molecule has 2 unspecified atom stereocenters. The fourth-order valence-electron chi connectivity index (χ4n) is 2.93. The van der Waals surface area contributed by atoms with E-state index in [1.165, 1.54) is 4.90 Å². The molecule has 1 saturated carbocycles. The molecule has 2 fully saturated rings. The molecule has 6 nitrogen and oxygen atoms in total. The van der Waals surface area contributed by atoms with Crippen molar-refractivity contribution in [2.45, 2.75) is 25.0 Å². The van der Waals surface area contributed by atoms with Crippen LogP contribution in [0, 0.1) is 5.41 Å². The Morgan fingerprint density at radius 1 is 1.42 bits per heavy atom. The van der Waals surface area contributed by atoms with Gasteiger partial charge >= 0.3 is 0 Å². The van der Waals surface area contributed by atoms with Crippen molar-refractivity contribution in [1.29, 1.82) is 0 Å². The molecule has 2 amide bonds. The van der Waals surface area contributed by atoms with Gasteiger partial charge in [0.05, 0.1) is 12.6 Å². The number of aliphatic hydroxyl groups is 1. The van der Waals surface area contributed by atoms with Crippen molar-refractivity contribution < 1.29 is 19.4 Å². The first-order valence-corrected chi connectivity index (χ1v) is 8.35. The SMILES string of the molecule is CN1C(=O)COC(C(=O)NCC2(CO)CC2)C1c1ccc(Cl)cc1. The molecule has 130 valence electrons. The number of nitrogens with zero attached hydrogens (tertiary/aromatic N) is 1. The van der Waals surface area contributed by atoms with E-state index in [4.69, 9.17) is 16.3 Å². The number of carbonyl (C=O) groups is 2. The average Bonchev–Trinajstić information content (AvgIpc) is 3.37. The first kappa shape index (κ1) is 17.2. The van der Waals surface area contributed by atoms with Gasteiger partial charge in [0, 0.05) is 24.0 Å². The number of morpholine rings is 1. The summed E-state index contributed by atoms with van der Waals surface area (Å²) in [5, 5.41) is 12.8. The van der Waals surface area contributed by atoms with Gasteiger partial charge in [0.2, 0.25) is 5.91 Å². The monoisotopic (exact) mass is 352 g/mol. The van der Waals surface area contributed by atoms with Crippen LogP contribution in [0.15, 0.2) is 24.3 Å². The Bertz CT molecular complexity index is 630. The summed E-state index contributed by atoms with van der Waals surface area (Å²) in [6.45, 7) is 0.370. The zero-order valence-corrected chi connectivity index (χ0v) is 14.3. The van der Waals surface area contributed by atoms with Crippen LogP contribution < -0.4 is 5.32 Å². The number of benzene rings is 1. The average molecular weight is 353 g/mol. The molecule has 0 bridgehead atoms. The lowest BCUT2D eigenvalue weighted by Crippen LogP contribution is -2.53. The van der Waals surface area contributed by atoms with E-state index in [0.29, 0.717) is 11.6 Å². The molecular weight excluding hydrogens is 332 g/mol. The van der Waals surface area contributed by atoms with Crippen molar-refractivity contribution in [3.05, 3.63) is 34.9 Å². The highest BCUT2D eigenvalue weighted by molar-refractivity contribution is 6.30. The van der Waals surface area contributed by atoms with Gasteiger partial charge in [-0.25, -0.2) is 0 Å². The lowest BCUT2D eigenvalue weighted by Gasteiger charge is -2.38. The van der Waals surface area contributed by atoms with Crippen LogP contribution in [-0.4, -0.2) is 54.7 Å². The molecule has 1 aliphatic heterocycles. The number of hydrogen-bond acceptors (Lipinski definition) is 4. The van der Waals surface area contributed by atoms with E-state index in [-0.39, 0.29) is 30.4 Å². The van der Waals surface area contributed by atoms with Gasteiger partial charge in [-0.05, 0) is 30.5 Å². The molecule has 2 atom stereocenters. The van der Waals surface area contributed by atoms with Crippen LogP contribution in [-0.2, 0) is 14.3 Å². The standard InChI is InChI=1S/C17H21ClN2O4/c1-20-13(22)8-24-15(14(20)11-2-4-12(18)5-3-11)16(23)19-9-17(10-21)6-7-17/h2-5,14-15,21H,6-10H2,1H3,(H,19,23). The summed E-state index contributed by atoms with van der Waals surface area (Å²) in [5.41, 5.74) is 0.611. The Morgan fingerprint density at radius 3 is 2.67 bits per heavy atom. The van der Waals surface area contributed by atoms with E-state index in [9.17, 15) is 14.7 Å². The fraction of sp³-hybridized carbons (Fsp3) is 0.529. The predicted octanol–water partition coefficient (Wildman–Crippen LogP) is 1.13. The second-order valence-corrected chi connectivity index (χ2v) is 7.04. The molecule has 1 heterocycles. The lowest BCUT2D eigenvalue weighted by molar-refractivity contribution is -0.162. The van der Waals surface area contributed by atoms with Crippen LogP contribution in [0.3, 0.4) is 0 Å². The first-order valence-electron chi connectivity index (χ1n) is 7.97.